The van der Waals surface area contributed by atoms with Crippen molar-refractivity contribution in [2.24, 2.45) is 0 Å². The van der Waals surface area contributed by atoms with Crippen molar-refractivity contribution < 1.29 is 14.3 Å². The molecule has 1 N–H and O–H groups in total. The van der Waals surface area contributed by atoms with E-state index in [0.717, 1.165) is 5.56 Å². The van der Waals surface area contributed by atoms with Gasteiger partial charge in [-0.1, -0.05) is 35.5 Å². The molecule has 1 amide bonds. The summed E-state index contributed by atoms with van der Waals surface area (Å²) in [4.78, 5) is 27.4. The number of aromatic nitrogens is 1. The molecule has 0 bridgehead atoms. The molecular weight excluding hydrogens is 360 g/mol. The number of esters is 1. The molecule has 0 unspecified atom stereocenters. The molecule has 7 heteroatoms. The minimum absolute atomic E-state index is 0.151. The van der Waals surface area contributed by atoms with Gasteiger partial charge in [-0.05, 0) is 42.8 Å². The summed E-state index contributed by atoms with van der Waals surface area (Å²) in [6, 6.07) is 10.6. The summed E-state index contributed by atoms with van der Waals surface area (Å²) >= 11 is 7.28. The Morgan fingerprint density at radius 1 is 1.28 bits per heavy atom. The lowest BCUT2D eigenvalue weighted by molar-refractivity contribution is -0.137. The highest BCUT2D eigenvalue weighted by atomic mass is 35.5. The highest BCUT2D eigenvalue weighted by Gasteiger charge is 2.07. The van der Waals surface area contributed by atoms with Crippen LogP contribution in [0.5, 0.6) is 0 Å². The van der Waals surface area contributed by atoms with Crippen LogP contribution in [-0.4, -0.2) is 29.2 Å². The summed E-state index contributed by atoms with van der Waals surface area (Å²) in [5, 5.41) is 3.95. The van der Waals surface area contributed by atoms with Crippen molar-refractivity contribution in [2.75, 3.05) is 17.7 Å². The average molecular weight is 377 g/mol. The molecule has 1 aromatic heterocycles. The number of nitrogens with zero attached hydrogens (tertiary/aromatic N) is 1. The van der Waals surface area contributed by atoms with E-state index in [1.807, 2.05) is 0 Å². The van der Waals surface area contributed by atoms with Crippen molar-refractivity contribution >= 4 is 47.0 Å². The van der Waals surface area contributed by atoms with Crippen LogP contribution in [0, 0.1) is 0 Å². The number of thioether (sulfide) groups is 1. The maximum atomic E-state index is 12.0. The van der Waals surface area contributed by atoms with Crippen LogP contribution in [0.4, 0.5) is 5.69 Å². The van der Waals surface area contributed by atoms with Gasteiger partial charge in [-0.2, -0.15) is 0 Å². The van der Waals surface area contributed by atoms with Gasteiger partial charge < -0.3 is 10.1 Å². The number of benzene rings is 1. The second-order valence-electron chi connectivity index (χ2n) is 4.83. The van der Waals surface area contributed by atoms with Crippen LogP contribution in [0.15, 0.2) is 53.7 Å². The molecule has 1 aromatic carbocycles. The Kier molecular flexibility index (Phi) is 7.50. The number of pyridine rings is 1. The number of carbonyl (C=O) groups excluding carboxylic acids is 2. The number of halogens is 1. The topological polar surface area (TPSA) is 68.3 Å². The minimum Gasteiger partial charge on any atom is -0.463 e. The van der Waals surface area contributed by atoms with Gasteiger partial charge in [0.15, 0.2) is 0 Å². The molecule has 0 saturated heterocycles. The molecule has 0 atom stereocenters. The number of rotatable bonds is 7. The second-order valence-corrected chi connectivity index (χ2v) is 6.21. The SMILES string of the molecule is CCOC(=O)/C=C/c1ccc(NC(=O)CSc2ncccc2Cl)cc1. The highest BCUT2D eigenvalue weighted by molar-refractivity contribution is 8.00. The second kappa shape index (κ2) is 9.86. The van der Waals surface area contributed by atoms with E-state index in [-0.39, 0.29) is 17.6 Å². The van der Waals surface area contributed by atoms with Crippen molar-refractivity contribution in [1.82, 2.24) is 4.98 Å². The maximum absolute atomic E-state index is 12.0. The van der Waals surface area contributed by atoms with Gasteiger partial charge in [0.2, 0.25) is 5.91 Å². The summed E-state index contributed by atoms with van der Waals surface area (Å²) in [5.41, 5.74) is 1.51. The van der Waals surface area contributed by atoms with Gasteiger partial charge in [0.05, 0.1) is 17.4 Å². The summed E-state index contributed by atoms with van der Waals surface area (Å²) in [5.74, 6) is -0.326. The zero-order chi connectivity index (χ0) is 18.1. The van der Waals surface area contributed by atoms with E-state index in [4.69, 9.17) is 16.3 Å². The standard InChI is InChI=1S/C18H17ClN2O3S/c1-2-24-17(23)10-7-13-5-8-14(9-6-13)21-16(22)12-25-18-15(19)4-3-11-20-18/h3-11H,2,12H2,1H3,(H,21,22)/b10-7+. The number of carbonyl (C=O) groups is 2. The quantitative estimate of drug-likeness (QED) is 0.448. The smallest absolute Gasteiger partial charge is 0.330 e. The van der Waals surface area contributed by atoms with Crippen LogP contribution < -0.4 is 5.32 Å². The first kappa shape index (κ1) is 19.0. The van der Waals surface area contributed by atoms with Crippen molar-refractivity contribution in [3.63, 3.8) is 0 Å². The summed E-state index contributed by atoms with van der Waals surface area (Å²) < 4.78 is 4.81. The fourth-order valence-electron chi connectivity index (χ4n) is 1.84. The van der Waals surface area contributed by atoms with Crippen LogP contribution in [0.25, 0.3) is 6.08 Å². The lowest BCUT2D eigenvalue weighted by atomic mass is 10.2. The van der Waals surface area contributed by atoms with Gasteiger partial charge in [0.25, 0.3) is 0 Å². The van der Waals surface area contributed by atoms with E-state index in [0.29, 0.717) is 22.3 Å². The number of nitrogens with one attached hydrogen (secondary N) is 1. The molecule has 5 nitrogen and oxygen atoms in total. The van der Waals surface area contributed by atoms with Crippen LogP contribution in [0.3, 0.4) is 0 Å². The Bertz CT molecular complexity index is 763. The third kappa shape index (κ3) is 6.60. The Labute approximate surface area is 155 Å². The number of anilines is 1. The predicted octanol–water partition coefficient (Wildman–Crippen LogP) is 4.04. The molecule has 2 aromatic rings. The van der Waals surface area contributed by atoms with E-state index in [9.17, 15) is 9.59 Å². The van der Waals surface area contributed by atoms with E-state index < -0.39 is 0 Å². The van der Waals surface area contributed by atoms with Crippen molar-refractivity contribution in [3.05, 3.63) is 59.3 Å². The van der Waals surface area contributed by atoms with Crippen molar-refractivity contribution in [3.8, 4) is 0 Å². The molecule has 0 fully saturated rings. The fraction of sp³-hybridized carbons (Fsp3) is 0.167. The molecule has 0 aliphatic rings. The molecule has 0 radical (unpaired) electrons. The Balaban J connectivity index is 1.85. The molecule has 0 saturated carbocycles. The Morgan fingerprint density at radius 3 is 2.72 bits per heavy atom. The van der Waals surface area contributed by atoms with Crippen LogP contribution >= 0.6 is 23.4 Å². The first-order chi connectivity index (χ1) is 12.1. The number of hydrogen-bond acceptors (Lipinski definition) is 5. The molecule has 2 rings (SSSR count). The van der Waals surface area contributed by atoms with E-state index >= 15 is 0 Å². The highest BCUT2D eigenvalue weighted by Crippen LogP contribution is 2.24. The van der Waals surface area contributed by atoms with E-state index in [1.54, 1.807) is 55.6 Å². The first-order valence-corrected chi connectivity index (χ1v) is 8.93. The van der Waals surface area contributed by atoms with E-state index in [2.05, 4.69) is 10.3 Å². The predicted molar refractivity (Wildman–Crippen MR) is 101 cm³/mol. The zero-order valence-electron chi connectivity index (χ0n) is 13.6. The lowest BCUT2D eigenvalue weighted by Crippen LogP contribution is -2.14. The third-order valence-electron chi connectivity index (χ3n) is 2.96. The average Bonchev–Trinajstić information content (AvgIpc) is 2.61. The summed E-state index contributed by atoms with van der Waals surface area (Å²) in [6.07, 6.45) is 4.65. The van der Waals surface area contributed by atoms with Gasteiger partial charge in [0.1, 0.15) is 5.03 Å². The lowest BCUT2D eigenvalue weighted by Gasteiger charge is -2.06. The third-order valence-corrected chi connectivity index (χ3v) is 4.38. The molecule has 25 heavy (non-hydrogen) atoms. The van der Waals surface area contributed by atoms with Crippen LogP contribution in [0.1, 0.15) is 12.5 Å². The molecule has 0 spiro atoms. The van der Waals surface area contributed by atoms with Gasteiger partial charge in [0, 0.05) is 18.0 Å². The molecule has 0 aliphatic heterocycles. The summed E-state index contributed by atoms with van der Waals surface area (Å²) in [6.45, 7) is 2.10. The first-order valence-electron chi connectivity index (χ1n) is 7.56. The van der Waals surface area contributed by atoms with Crippen LogP contribution in [0.2, 0.25) is 5.02 Å². The van der Waals surface area contributed by atoms with Gasteiger partial charge >= 0.3 is 5.97 Å². The zero-order valence-corrected chi connectivity index (χ0v) is 15.1. The van der Waals surface area contributed by atoms with E-state index in [1.165, 1.54) is 17.8 Å². The largest absolute Gasteiger partial charge is 0.463 e. The van der Waals surface area contributed by atoms with Gasteiger partial charge in [-0.15, -0.1) is 0 Å². The molecule has 0 aliphatic carbocycles. The summed E-state index contributed by atoms with van der Waals surface area (Å²) in [7, 11) is 0. The number of amides is 1. The van der Waals surface area contributed by atoms with Gasteiger partial charge in [-0.25, -0.2) is 9.78 Å². The number of hydrogen-bond donors (Lipinski definition) is 1. The van der Waals surface area contributed by atoms with Crippen molar-refractivity contribution in [1.29, 1.82) is 0 Å². The van der Waals surface area contributed by atoms with Crippen molar-refractivity contribution in [2.45, 2.75) is 11.9 Å². The fourth-order valence-corrected chi connectivity index (χ4v) is 2.81. The molecule has 1 heterocycles. The maximum Gasteiger partial charge on any atom is 0.330 e. The minimum atomic E-state index is -0.384. The van der Waals surface area contributed by atoms with Gasteiger partial charge in [-0.3, -0.25) is 4.79 Å². The normalized spacial score (nSPS) is 10.6. The molecule has 130 valence electrons. The monoisotopic (exact) mass is 376 g/mol. The Morgan fingerprint density at radius 2 is 2.04 bits per heavy atom. The number of ether oxygens (including phenoxy) is 1. The molecular formula is C18H17ClN2O3S. The van der Waals surface area contributed by atoms with Crippen LogP contribution in [-0.2, 0) is 14.3 Å². The Hall–Kier alpha value is -2.31.